The number of imidazole rings is 1. The second-order valence-corrected chi connectivity index (χ2v) is 11.3. The van der Waals surface area contributed by atoms with Gasteiger partial charge in [0, 0.05) is 12.8 Å². The molecule has 20 heteroatoms. The van der Waals surface area contributed by atoms with E-state index in [2.05, 4.69) is 24.9 Å². The summed E-state index contributed by atoms with van der Waals surface area (Å²) in [5.41, 5.74) is 9.97. The van der Waals surface area contributed by atoms with E-state index in [0.717, 1.165) is 10.9 Å². The zero-order chi connectivity index (χ0) is 27.2. The van der Waals surface area contributed by atoms with E-state index >= 15 is 0 Å². The first kappa shape index (κ1) is 26.7. The first-order valence-electron chi connectivity index (χ1n) is 11.2. The fourth-order valence-corrected chi connectivity index (χ4v) is 5.71. The third-order valence-electron chi connectivity index (χ3n) is 6.04. The van der Waals surface area contributed by atoms with Gasteiger partial charge in [-0.25, -0.2) is 14.8 Å². The SMILES string of the molecule is Nc1ncn([C@H]2CC(OP([O-])(=S)OC[C@H]3O[C@@H](n4cnc5c(=O)[nH]c(N)nc54)CC3O)[C@@H](CO)O2)c(=O)n1. The Morgan fingerprint density at radius 2 is 1.87 bits per heavy atom. The molecule has 3 aromatic rings. The highest BCUT2D eigenvalue weighted by Crippen LogP contribution is 2.46. The Balaban J connectivity index is 1.22. The van der Waals surface area contributed by atoms with Gasteiger partial charge in [0.25, 0.3) is 5.56 Å². The van der Waals surface area contributed by atoms with Crippen molar-refractivity contribution in [2.24, 2.45) is 0 Å². The third-order valence-corrected chi connectivity index (χ3v) is 7.61. The minimum atomic E-state index is -4.17. The van der Waals surface area contributed by atoms with Crippen molar-refractivity contribution < 1.29 is 33.6 Å². The zero-order valence-electron chi connectivity index (χ0n) is 19.4. The smallest absolute Gasteiger partial charge is 0.354 e. The number of aromatic amines is 1. The van der Waals surface area contributed by atoms with Crippen LogP contribution in [0, 0.1) is 0 Å². The fraction of sp³-hybridized carbons (Fsp3) is 0.556. The van der Waals surface area contributed by atoms with Crippen molar-refractivity contribution in [3.05, 3.63) is 33.5 Å². The van der Waals surface area contributed by atoms with Crippen molar-refractivity contribution in [3.63, 3.8) is 0 Å². The van der Waals surface area contributed by atoms with Gasteiger partial charge in [0.05, 0.1) is 31.7 Å². The minimum absolute atomic E-state index is 0.0179. The van der Waals surface area contributed by atoms with Gasteiger partial charge in [-0.05, 0) is 0 Å². The number of hydrogen-bond donors (Lipinski definition) is 5. The Morgan fingerprint density at radius 1 is 1.16 bits per heavy atom. The Bertz CT molecular complexity index is 1500. The van der Waals surface area contributed by atoms with Crippen LogP contribution < -0.4 is 27.6 Å². The largest absolute Gasteiger partial charge is 0.780 e. The second-order valence-electron chi connectivity index (χ2n) is 8.55. The summed E-state index contributed by atoms with van der Waals surface area (Å²) in [7, 11) is 0. The van der Waals surface area contributed by atoms with E-state index in [9.17, 15) is 24.7 Å². The van der Waals surface area contributed by atoms with E-state index < -0.39 is 68.1 Å². The predicted molar refractivity (Wildman–Crippen MR) is 129 cm³/mol. The van der Waals surface area contributed by atoms with Crippen LogP contribution in [0.4, 0.5) is 11.9 Å². The number of fused-ring (bicyclic) bond motifs is 1. The second kappa shape index (κ2) is 10.4. The topological polar surface area (TPSA) is 264 Å². The normalized spacial score (nSPS) is 29.1. The lowest BCUT2D eigenvalue weighted by molar-refractivity contribution is -0.215. The van der Waals surface area contributed by atoms with Crippen LogP contribution in [0.2, 0.25) is 0 Å². The van der Waals surface area contributed by atoms with Gasteiger partial charge in [-0.1, -0.05) is 11.8 Å². The van der Waals surface area contributed by atoms with E-state index in [1.54, 1.807) is 0 Å². The quantitative estimate of drug-likeness (QED) is 0.167. The van der Waals surface area contributed by atoms with E-state index in [1.807, 2.05) is 0 Å². The van der Waals surface area contributed by atoms with Crippen molar-refractivity contribution in [1.29, 1.82) is 0 Å². The number of nitrogens with two attached hydrogens (primary N) is 2. The molecular weight excluding hydrogens is 549 g/mol. The molecule has 5 heterocycles. The van der Waals surface area contributed by atoms with E-state index in [1.165, 1.54) is 10.9 Å². The van der Waals surface area contributed by atoms with Gasteiger partial charge < -0.3 is 45.1 Å². The maximum Gasteiger partial charge on any atom is 0.354 e. The lowest BCUT2D eigenvalue weighted by Crippen LogP contribution is -2.31. The molecule has 0 aliphatic carbocycles. The van der Waals surface area contributed by atoms with Crippen LogP contribution in [-0.2, 0) is 30.3 Å². The van der Waals surface area contributed by atoms with Gasteiger partial charge >= 0.3 is 5.69 Å². The molecule has 38 heavy (non-hydrogen) atoms. The summed E-state index contributed by atoms with van der Waals surface area (Å²) in [5, 5.41) is 20.2. The van der Waals surface area contributed by atoms with Crippen LogP contribution in [0.3, 0.4) is 0 Å². The summed E-state index contributed by atoms with van der Waals surface area (Å²) in [6.45, 7) is -5.09. The number of nitrogen functional groups attached to an aromatic ring is 2. The predicted octanol–water partition coefficient (Wildman–Crippen LogP) is -3.15. The van der Waals surface area contributed by atoms with E-state index in [4.69, 9.17) is 41.8 Å². The van der Waals surface area contributed by atoms with Gasteiger partial charge in [-0.2, -0.15) is 9.97 Å². The van der Waals surface area contributed by atoms with Gasteiger partial charge in [0.2, 0.25) is 11.9 Å². The first-order chi connectivity index (χ1) is 18.0. The number of nitrogens with one attached hydrogen (secondary N) is 1. The van der Waals surface area contributed by atoms with Crippen LogP contribution in [0.15, 0.2) is 22.2 Å². The molecule has 7 N–H and O–H groups in total. The number of H-pyrrole nitrogens is 1. The number of aliphatic hydroxyl groups is 2. The summed E-state index contributed by atoms with van der Waals surface area (Å²) >= 11 is 5.00. The molecule has 2 aliphatic rings. The highest BCUT2D eigenvalue weighted by atomic mass is 32.5. The maximum atomic E-state index is 12.9. The van der Waals surface area contributed by atoms with Gasteiger partial charge in [-0.3, -0.25) is 18.9 Å². The lowest BCUT2D eigenvalue weighted by atomic mass is 10.2. The van der Waals surface area contributed by atoms with Crippen molar-refractivity contribution in [2.45, 2.75) is 49.7 Å². The molecule has 3 aromatic heterocycles. The lowest BCUT2D eigenvalue weighted by Gasteiger charge is -2.32. The molecule has 2 fully saturated rings. The molecule has 0 bridgehead atoms. The molecule has 18 nitrogen and oxygen atoms in total. The van der Waals surface area contributed by atoms with Crippen LogP contribution in [0.1, 0.15) is 25.3 Å². The highest BCUT2D eigenvalue weighted by Gasteiger charge is 2.40. The Labute approximate surface area is 217 Å². The number of aromatic nitrogens is 7. The minimum Gasteiger partial charge on any atom is -0.780 e. The van der Waals surface area contributed by atoms with E-state index in [0.29, 0.717) is 0 Å². The number of rotatable bonds is 8. The third kappa shape index (κ3) is 5.33. The standard InChI is InChI=1S/C18H24N9O9PS/c19-16-22-6-27(18(31)25-16)12-2-8(9(3-28)34-12)36-37(32,38)33-4-10-7(29)1-11(35-10)26-5-21-13-14(26)23-17(20)24-15(13)30/h5-12,28-29H,1-4H2,(H,32,38)(H2,19,25,31)(H3,20,23,24,30)/p-1/t7?,8?,9-,10-,11-,12-,37?/m1/s1. The first-order valence-corrected chi connectivity index (χ1v) is 13.8. The number of ether oxygens (including phenoxy) is 2. The van der Waals surface area contributed by atoms with Crippen LogP contribution in [0.25, 0.3) is 11.2 Å². The van der Waals surface area contributed by atoms with Gasteiger partial charge in [0.1, 0.15) is 37.7 Å². The maximum absolute atomic E-state index is 12.9. The molecule has 0 amide bonds. The van der Waals surface area contributed by atoms with Gasteiger partial charge in [-0.15, -0.1) is 0 Å². The Kier molecular flexibility index (Phi) is 7.29. The molecular formula is C18H23N9O9PS-. The van der Waals surface area contributed by atoms with Crippen molar-refractivity contribution in [1.82, 2.24) is 34.1 Å². The highest BCUT2D eigenvalue weighted by molar-refractivity contribution is 8.06. The molecule has 0 saturated carbocycles. The number of nitrogens with zero attached hydrogens (tertiary/aromatic N) is 6. The summed E-state index contributed by atoms with van der Waals surface area (Å²) in [6.07, 6.45) is -3.14. The zero-order valence-corrected chi connectivity index (χ0v) is 21.1. The van der Waals surface area contributed by atoms with Crippen LogP contribution in [-0.4, -0.2) is 81.9 Å². The summed E-state index contributed by atoms with van der Waals surface area (Å²) in [5.74, 6) is -0.326. The van der Waals surface area contributed by atoms with E-state index in [-0.39, 0.29) is 35.9 Å². The number of aliphatic hydroxyl groups excluding tert-OH is 2. The molecule has 7 atom stereocenters. The van der Waals surface area contributed by atoms with Crippen LogP contribution in [0.5, 0.6) is 0 Å². The van der Waals surface area contributed by atoms with Crippen molar-refractivity contribution >= 4 is 41.6 Å². The Morgan fingerprint density at radius 3 is 2.61 bits per heavy atom. The average Bonchev–Trinajstić information content (AvgIpc) is 3.54. The summed E-state index contributed by atoms with van der Waals surface area (Å²) in [4.78, 5) is 54.7. The molecule has 5 rings (SSSR count). The molecule has 2 aliphatic heterocycles. The molecule has 0 aromatic carbocycles. The molecule has 0 spiro atoms. The number of anilines is 2. The summed E-state index contributed by atoms with van der Waals surface area (Å²) < 4.78 is 24.7. The molecule has 2 saturated heterocycles. The molecule has 0 radical (unpaired) electrons. The van der Waals surface area contributed by atoms with Crippen molar-refractivity contribution in [3.8, 4) is 0 Å². The monoisotopic (exact) mass is 572 g/mol. The van der Waals surface area contributed by atoms with Crippen molar-refractivity contribution in [2.75, 3.05) is 24.7 Å². The van der Waals surface area contributed by atoms with Crippen LogP contribution >= 0.6 is 6.72 Å². The fourth-order valence-electron chi connectivity index (χ4n) is 4.25. The van der Waals surface area contributed by atoms with Gasteiger partial charge in [0.15, 0.2) is 11.2 Å². The Hall–Kier alpha value is -2.87. The number of hydrogen-bond acceptors (Lipinski definition) is 16. The average molecular weight is 572 g/mol. The molecule has 3 unspecified atom stereocenters. The molecule has 206 valence electrons. The summed E-state index contributed by atoms with van der Waals surface area (Å²) in [6, 6.07) is 0.